The van der Waals surface area contributed by atoms with Gasteiger partial charge in [-0.05, 0) is 74.9 Å². The van der Waals surface area contributed by atoms with Crippen LogP contribution >= 0.6 is 11.6 Å². The second-order valence-corrected chi connectivity index (χ2v) is 10.2. The van der Waals surface area contributed by atoms with E-state index < -0.39 is 15.9 Å². The van der Waals surface area contributed by atoms with Gasteiger partial charge < -0.3 is 10.1 Å². The first-order valence-electron chi connectivity index (χ1n) is 10.5. The van der Waals surface area contributed by atoms with E-state index in [1.165, 1.54) is 12.1 Å². The van der Waals surface area contributed by atoms with Crippen LogP contribution in [-0.4, -0.2) is 27.0 Å². The van der Waals surface area contributed by atoms with E-state index in [9.17, 15) is 13.2 Å². The largest absolute Gasteiger partial charge is 0.491 e. The first kappa shape index (κ1) is 24.6. The smallest absolute Gasteiger partial charge is 0.264 e. The van der Waals surface area contributed by atoms with Gasteiger partial charge in [0.25, 0.3) is 10.0 Å². The SMILES string of the molecule is Cc1ccc(S(=O)(=O)N(CC(=O)NCc2cccc(OC(C)C)c2)c2ccc(Cl)cc2)cc1. The summed E-state index contributed by atoms with van der Waals surface area (Å²) in [6.07, 6.45) is 0.0368. The molecule has 8 heteroatoms. The van der Waals surface area contributed by atoms with E-state index in [2.05, 4.69) is 5.32 Å². The monoisotopic (exact) mass is 486 g/mol. The van der Waals surface area contributed by atoms with Crippen LogP contribution in [0.1, 0.15) is 25.0 Å². The highest BCUT2D eigenvalue weighted by molar-refractivity contribution is 7.92. The molecule has 6 nitrogen and oxygen atoms in total. The molecule has 0 saturated carbocycles. The number of hydrogen-bond donors (Lipinski definition) is 1. The van der Waals surface area contributed by atoms with Gasteiger partial charge in [-0.1, -0.05) is 41.4 Å². The predicted molar refractivity (Wildman–Crippen MR) is 131 cm³/mol. The maximum atomic E-state index is 13.4. The van der Waals surface area contributed by atoms with Crippen molar-refractivity contribution >= 4 is 33.2 Å². The zero-order valence-electron chi connectivity index (χ0n) is 18.8. The third-order valence-corrected chi connectivity index (χ3v) is 6.81. The van der Waals surface area contributed by atoms with Crippen molar-refractivity contribution < 1.29 is 17.9 Å². The molecule has 1 amide bonds. The molecule has 0 bridgehead atoms. The van der Waals surface area contributed by atoms with E-state index in [-0.39, 0.29) is 24.1 Å². The molecule has 0 aliphatic carbocycles. The molecule has 0 fully saturated rings. The molecule has 0 atom stereocenters. The van der Waals surface area contributed by atoms with Crippen LogP contribution in [0.25, 0.3) is 0 Å². The second-order valence-electron chi connectivity index (χ2n) is 7.89. The Morgan fingerprint density at radius 3 is 2.33 bits per heavy atom. The maximum Gasteiger partial charge on any atom is 0.264 e. The van der Waals surface area contributed by atoms with Gasteiger partial charge >= 0.3 is 0 Å². The van der Waals surface area contributed by atoms with Crippen molar-refractivity contribution in [3.8, 4) is 5.75 Å². The Morgan fingerprint density at radius 1 is 1.03 bits per heavy atom. The number of nitrogens with one attached hydrogen (secondary N) is 1. The average molecular weight is 487 g/mol. The van der Waals surface area contributed by atoms with Gasteiger partial charge in [-0.2, -0.15) is 0 Å². The normalized spacial score (nSPS) is 11.3. The lowest BCUT2D eigenvalue weighted by molar-refractivity contribution is -0.119. The highest BCUT2D eigenvalue weighted by Gasteiger charge is 2.27. The number of amides is 1. The maximum absolute atomic E-state index is 13.4. The van der Waals surface area contributed by atoms with Crippen molar-refractivity contribution in [3.05, 3.63) is 88.9 Å². The van der Waals surface area contributed by atoms with Gasteiger partial charge in [-0.3, -0.25) is 9.10 Å². The zero-order valence-corrected chi connectivity index (χ0v) is 20.4. The summed E-state index contributed by atoms with van der Waals surface area (Å²) in [5, 5.41) is 3.27. The van der Waals surface area contributed by atoms with Crippen molar-refractivity contribution in [1.29, 1.82) is 0 Å². The molecule has 3 aromatic carbocycles. The Hall–Kier alpha value is -3.03. The van der Waals surface area contributed by atoms with Crippen LogP contribution in [0, 0.1) is 6.92 Å². The Morgan fingerprint density at radius 2 is 1.70 bits per heavy atom. The molecule has 0 aromatic heterocycles. The minimum Gasteiger partial charge on any atom is -0.491 e. The van der Waals surface area contributed by atoms with Gasteiger partial charge in [0.2, 0.25) is 5.91 Å². The molecular formula is C25H27ClN2O4S. The predicted octanol–water partition coefficient (Wildman–Crippen LogP) is 4.95. The molecule has 0 unspecified atom stereocenters. The van der Waals surface area contributed by atoms with Gasteiger partial charge in [-0.15, -0.1) is 0 Å². The van der Waals surface area contributed by atoms with Crippen molar-refractivity contribution in [3.63, 3.8) is 0 Å². The third kappa shape index (κ3) is 6.73. The van der Waals surface area contributed by atoms with Crippen LogP contribution < -0.4 is 14.4 Å². The van der Waals surface area contributed by atoms with Gasteiger partial charge in [-0.25, -0.2) is 8.42 Å². The summed E-state index contributed by atoms with van der Waals surface area (Å²) in [7, 11) is -3.97. The molecule has 0 aliphatic rings. The van der Waals surface area contributed by atoms with Crippen LogP contribution in [0.4, 0.5) is 5.69 Å². The van der Waals surface area contributed by atoms with Gasteiger partial charge in [0, 0.05) is 11.6 Å². The lowest BCUT2D eigenvalue weighted by Crippen LogP contribution is -2.40. The van der Waals surface area contributed by atoms with Crippen molar-refractivity contribution in [2.45, 2.75) is 38.3 Å². The number of ether oxygens (including phenoxy) is 1. The van der Waals surface area contributed by atoms with E-state index in [1.54, 1.807) is 36.4 Å². The first-order chi connectivity index (χ1) is 15.6. The summed E-state index contributed by atoms with van der Waals surface area (Å²) in [6, 6.07) is 20.3. The van der Waals surface area contributed by atoms with Crippen LogP contribution in [0.15, 0.2) is 77.7 Å². The van der Waals surface area contributed by atoms with E-state index in [4.69, 9.17) is 16.3 Å². The number of hydrogen-bond acceptors (Lipinski definition) is 4. The Labute approximate surface area is 200 Å². The number of carbonyl (C=O) groups is 1. The van der Waals surface area contributed by atoms with E-state index >= 15 is 0 Å². The third-order valence-electron chi connectivity index (χ3n) is 4.77. The molecule has 3 aromatic rings. The molecule has 0 spiro atoms. The number of halogens is 1. The Balaban J connectivity index is 1.79. The molecule has 0 aliphatic heterocycles. The number of benzene rings is 3. The number of nitrogens with zero attached hydrogens (tertiary/aromatic N) is 1. The van der Waals surface area contributed by atoms with Crippen molar-refractivity contribution in [2.24, 2.45) is 0 Å². The van der Waals surface area contributed by atoms with Gasteiger partial charge in [0.05, 0.1) is 16.7 Å². The van der Waals surface area contributed by atoms with Crippen LogP contribution in [-0.2, 0) is 21.4 Å². The summed E-state index contributed by atoms with van der Waals surface area (Å²) in [5.41, 5.74) is 2.14. The van der Waals surface area contributed by atoms with E-state index in [0.717, 1.165) is 15.4 Å². The minimum atomic E-state index is -3.97. The lowest BCUT2D eigenvalue weighted by Gasteiger charge is -2.24. The highest BCUT2D eigenvalue weighted by Crippen LogP contribution is 2.25. The quantitative estimate of drug-likeness (QED) is 0.464. The van der Waals surface area contributed by atoms with Gasteiger partial charge in [0.1, 0.15) is 12.3 Å². The van der Waals surface area contributed by atoms with Gasteiger partial charge in [0.15, 0.2) is 0 Å². The standard InChI is InChI=1S/C25H27ClN2O4S/c1-18(2)32-23-6-4-5-20(15-23)16-27-25(29)17-28(22-11-9-21(26)10-12-22)33(30,31)24-13-7-19(3)8-14-24/h4-15,18H,16-17H2,1-3H3,(H,27,29). The number of sulfonamides is 1. The number of aryl methyl sites for hydroxylation is 1. The summed E-state index contributed by atoms with van der Waals surface area (Å²) in [6.45, 7) is 5.62. The molecule has 0 radical (unpaired) electrons. The summed E-state index contributed by atoms with van der Waals surface area (Å²) < 4.78 is 33.5. The lowest BCUT2D eigenvalue weighted by atomic mass is 10.2. The van der Waals surface area contributed by atoms with Crippen LogP contribution in [0.5, 0.6) is 5.75 Å². The summed E-state index contributed by atoms with van der Waals surface area (Å²) in [4.78, 5) is 12.9. The van der Waals surface area contributed by atoms with E-state index in [1.807, 2.05) is 45.0 Å². The van der Waals surface area contributed by atoms with E-state index in [0.29, 0.717) is 16.5 Å². The number of carbonyl (C=O) groups excluding carboxylic acids is 1. The molecular weight excluding hydrogens is 460 g/mol. The zero-order chi connectivity index (χ0) is 24.0. The van der Waals surface area contributed by atoms with Crippen molar-refractivity contribution in [1.82, 2.24) is 5.32 Å². The average Bonchev–Trinajstić information content (AvgIpc) is 2.77. The molecule has 174 valence electrons. The molecule has 0 saturated heterocycles. The first-order valence-corrected chi connectivity index (χ1v) is 12.3. The number of rotatable bonds is 9. The van der Waals surface area contributed by atoms with Crippen LogP contribution in [0.3, 0.4) is 0 Å². The summed E-state index contributed by atoms with van der Waals surface area (Å²) in [5.74, 6) is 0.275. The summed E-state index contributed by atoms with van der Waals surface area (Å²) >= 11 is 5.98. The molecule has 0 heterocycles. The molecule has 3 rings (SSSR count). The molecule has 1 N–H and O–H groups in total. The molecule has 33 heavy (non-hydrogen) atoms. The fourth-order valence-electron chi connectivity index (χ4n) is 3.15. The Bertz CT molecular complexity index is 1190. The second kappa shape index (κ2) is 10.7. The Kier molecular flexibility index (Phi) is 8.00. The minimum absolute atomic E-state index is 0.0368. The van der Waals surface area contributed by atoms with Crippen LogP contribution in [0.2, 0.25) is 5.02 Å². The fraction of sp³-hybridized carbons (Fsp3) is 0.240. The number of anilines is 1. The topological polar surface area (TPSA) is 75.7 Å². The fourth-order valence-corrected chi connectivity index (χ4v) is 4.69. The highest BCUT2D eigenvalue weighted by atomic mass is 35.5. The van der Waals surface area contributed by atoms with Crippen molar-refractivity contribution in [2.75, 3.05) is 10.8 Å².